The molecule has 2 N–H and O–H groups in total. The molecule has 2 aromatic carbocycles. The summed E-state index contributed by atoms with van der Waals surface area (Å²) in [7, 11) is 0. The second-order valence-corrected chi connectivity index (χ2v) is 8.52. The van der Waals surface area contributed by atoms with Crippen molar-refractivity contribution < 1.29 is 9.53 Å². The lowest BCUT2D eigenvalue weighted by Crippen LogP contribution is -2.18. The molecule has 0 radical (unpaired) electrons. The number of hydrogen-bond acceptors (Lipinski definition) is 4. The maximum absolute atomic E-state index is 12.3. The number of amides is 1. The molecule has 0 unspecified atom stereocenters. The number of ether oxygens (including phenoxy) is 1. The Labute approximate surface area is 204 Å². The molecule has 3 rings (SSSR count). The third kappa shape index (κ3) is 7.91. The topological polar surface area (TPSA) is 79.4 Å². The van der Waals surface area contributed by atoms with E-state index in [0.717, 1.165) is 24.3 Å². The van der Waals surface area contributed by atoms with Gasteiger partial charge in [-0.15, -0.1) is 0 Å². The lowest BCUT2D eigenvalue weighted by molar-refractivity contribution is 0.0950. The predicted octanol–water partition coefficient (Wildman–Crippen LogP) is 6.89. The lowest BCUT2D eigenvalue weighted by Gasteiger charge is -2.06. The van der Waals surface area contributed by atoms with E-state index in [-0.39, 0.29) is 0 Å². The molecule has 1 heterocycles. The highest BCUT2D eigenvalue weighted by atomic mass is 35.5. The number of unbranched alkanes of at least 4 members (excludes halogenated alkanes) is 5. The summed E-state index contributed by atoms with van der Waals surface area (Å²) in [6, 6.07) is 14.4. The van der Waals surface area contributed by atoms with Crippen LogP contribution in [-0.2, 0) is 0 Å². The van der Waals surface area contributed by atoms with E-state index in [1.807, 2.05) is 24.3 Å². The number of nitrogens with zero attached hydrogens (tertiary/aromatic N) is 2. The molecular weight excluding hydrogens is 459 g/mol. The van der Waals surface area contributed by atoms with Crippen molar-refractivity contribution in [2.45, 2.75) is 45.4 Å². The Morgan fingerprint density at radius 1 is 1.06 bits per heavy atom. The quantitative estimate of drug-likeness (QED) is 0.166. The van der Waals surface area contributed by atoms with Crippen molar-refractivity contribution in [3.63, 3.8) is 0 Å². The second kappa shape index (κ2) is 13.0. The van der Waals surface area contributed by atoms with Crippen molar-refractivity contribution in [3.05, 3.63) is 69.8 Å². The van der Waals surface area contributed by atoms with Crippen LogP contribution >= 0.6 is 23.2 Å². The SMILES string of the molecule is CCCCCCCCOc1ccc(-c2cc(C(=O)N/N=C\c3ccc(Cl)cc3Cl)[nH]n2)cc1. The van der Waals surface area contributed by atoms with Crippen molar-refractivity contribution in [2.24, 2.45) is 5.10 Å². The van der Waals surface area contributed by atoms with Crippen molar-refractivity contribution in [3.8, 4) is 17.0 Å². The highest BCUT2D eigenvalue weighted by Crippen LogP contribution is 2.22. The summed E-state index contributed by atoms with van der Waals surface area (Å²) in [5, 5.41) is 11.9. The number of hydrazone groups is 1. The molecule has 1 amide bonds. The first-order chi connectivity index (χ1) is 16.1. The Balaban J connectivity index is 1.48. The van der Waals surface area contributed by atoms with Crippen LogP contribution in [0.3, 0.4) is 0 Å². The number of rotatable bonds is 12. The molecule has 174 valence electrons. The van der Waals surface area contributed by atoms with Crippen LogP contribution in [0.4, 0.5) is 0 Å². The highest BCUT2D eigenvalue weighted by molar-refractivity contribution is 6.36. The van der Waals surface area contributed by atoms with Gasteiger partial charge in [-0.1, -0.05) is 68.3 Å². The lowest BCUT2D eigenvalue weighted by atomic mass is 10.1. The van der Waals surface area contributed by atoms with Gasteiger partial charge in [0, 0.05) is 16.1 Å². The van der Waals surface area contributed by atoms with E-state index in [9.17, 15) is 4.79 Å². The minimum absolute atomic E-state index is 0.299. The average molecular weight is 487 g/mol. The van der Waals surface area contributed by atoms with Gasteiger partial charge in [0.1, 0.15) is 11.4 Å². The van der Waals surface area contributed by atoms with E-state index in [0.29, 0.717) is 27.0 Å². The zero-order valence-electron chi connectivity index (χ0n) is 18.6. The normalized spacial score (nSPS) is 11.1. The molecule has 0 saturated carbocycles. The number of nitrogens with one attached hydrogen (secondary N) is 2. The van der Waals surface area contributed by atoms with E-state index in [1.165, 1.54) is 38.3 Å². The van der Waals surface area contributed by atoms with Crippen molar-refractivity contribution >= 4 is 35.3 Å². The molecule has 1 aromatic heterocycles. The smallest absolute Gasteiger partial charge is 0.289 e. The number of halogens is 2. The van der Waals surface area contributed by atoms with Gasteiger partial charge in [-0.3, -0.25) is 9.89 Å². The molecular formula is C25H28Cl2N4O2. The predicted molar refractivity (Wildman–Crippen MR) is 134 cm³/mol. The van der Waals surface area contributed by atoms with Gasteiger partial charge in [0.25, 0.3) is 5.91 Å². The van der Waals surface area contributed by atoms with Crippen molar-refractivity contribution in [1.29, 1.82) is 0 Å². The van der Waals surface area contributed by atoms with Gasteiger partial charge in [-0.25, -0.2) is 5.43 Å². The first kappa shape index (κ1) is 24.8. The second-order valence-electron chi connectivity index (χ2n) is 7.67. The minimum atomic E-state index is -0.408. The van der Waals surface area contributed by atoms with E-state index in [4.69, 9.17) is 27.9 Å². The summed E-state index contributed by atoms with van der Waals surface area (Å²) < 4.78 is 5.82. The van der Waals surface area contributed by atoms with Crippen LogP contribution in [0.15, 0.2) is 53.6 Å². The maximum Gasteiger partial charge on any atom is 0.289 e. The number of H-pyrrole nitrogens is 1. The summed E-state index contributed by atoms with van der Waals surface area (Å²) in [6.45, 7) is 2.95. The Morgan fingerprint density at radius 2 is 1.82 bits per heavy atom. The number of carbonyl (C=O) groups excluding carboxylic acids is 1. The van der Waals surface area contributed by atoms with E-state index >= 15 is 0 Å². The molecule has 33 heavy (non-hydrogen) atoms. The molecule has 0 bridgehead atoms. The Hall–Kier alpha value is -2.83. The Kier molecular flexibility index (Phi) is 9.78. The molecule has 0 aliphatic rings. The molecule has 0 aliphatic heterocycles. The largest absolute Gasteiger partial charge is 0.494 e. The molecule has 3 aromatic rings. The molecule has 0 aliphatic carbocycles. The average Bonchev–Trinajstić information content (AvgIpc) is 3.31. The van der Waals surface area contributed by atoms with Gasteiger partial charge in [0.05, 0.1) is 23.5 Å². The van der Waals surface area contributed by atoms with Crippen LogP contribution < -0.4 is 10.2 Å². The summed E-state index contributed by atoms with van der Waals surface area (Å²) in [5.74, 6) is 0.421. The van der Waals surface area contributed by atoms with Crippen molar-refractivity contribution in [2.75, 3.05) is 6.61 Å². The number of benzene rings is 2. The van der Waals surface area contributed by atoms with Gasteiger partial charge < -0.3 is 4.74 Å². The summed E-state index contributed by atoms with van der Waals surface area (Å²) in [5.41, 5.74) is 4.94. The Bertz CT molecular complexity index is 1060. The summed E-state index contributed by atoms with van der Waals surface area (Å²) >= 11 is 12.0. The fourth-order valence-corrected chi connectivity index (χ4v) is 3.66. The fourth-order valence-electron chi connectivity index (χ4n) is 3.21. The van der Waals surface area contributed by atoms with E-state index in [2.05, 4.69) is 27.6 Å². The van der Waals surface area contributed by atoms with Crippen molar-refractivity contribution in [1.82, 2.24) is 15.6 Å². The summed E-state index contributed by atoms with van der Waals surface area (Å²) in [6.07, 6.45) is 8.87. The zero-order valence-corrected chi connectivity index (χ0v) is 20.1. The van der Waals surface area contributed by atoms with Crippen LogP contribution in [0.1, 0.15) is 61.5 Å². The molecule has 0 saturated heterocycles. The fraction of sp³-hybridized carbons (Fsp3) is 0.320. The van der Waals surface area contributed by atoms with Crippen LogP contribution in [0, 0.1) is 0 Å². The van der Waals surface area contributed by atoms with Gasteiger partial charge in [-0.2, -0.15) is 10.2 Å². The first-order valence-corrected chi connectivity index (χ1v) is 11.9. The number of hydrogen-bond donors (Lipinski definition) is 2. The van der Waals surface area contributed by atoms with Gasteiger partial charge in [0.15, 0.2) is 0 Å². The summed E-state index contributed by atoms with van der Waals surface area (Å²) in [4.78, 5) is 12.3. The number of aromatic amines is 1. The third-order valence-electron chi connectivity index (χ3n) is 5.07. The van der Waals surface area contributed by atoms with Crippen LogP contribution in [0.2, 0.25) is 10.0 Å². The number of carbonyl (C=O) groups is 1. The Morgan fingerprint density at radius 3 is 2.58 bits per heavy atom. The molecule has 0 fully saturated rings. The third-order valence-corrected chi connectivity index (χ3v) is 5.63. The number of aromatic nitrogens is 2. The first-order valence-electron chi connectivity index (χ1n) is 11.1. The standard InChI is InChI=1S/C25H28Cl2N4O2/c1-2-3-4-5-6-7-14-33-21-12-9-18(10-13-21)23-16-24(30-29-23)25(32)31-28-17-19-8-11-20(26)15-22(19)27/h8-13,15-17H,2-7,14H2,1H3,(H,29,30)(H,31,32)/b28-17-. The van der Waals surface area contributed by atoms with Crippen LogP contribution in [-0.4, -0.2) is 28.9 Å². The molecule has 6 nitrogen and oxygen atoms in total. The van der Waals surface area contributed by atoms with Gasteiger partial charge >= 0.3 is 0 Å². The molecule has 0 atom stereocenters. The van der Waals surface area contributed by atoms with Gasteiger partial charge in [0.2, 0.25) is 0 Å². The van der Waals surface area contributed by atoms with Crippen LogP contribution in [0.25, 0.3) is 11.3 Å². The van der Waals surface area contributed by atoms with Crippen LogP contribution in [0.5, 0.6) is 5.75 Å². The van der Waals surface area contributed by atoms with Gasteiger partial charge in [-0.05, 0) is 48.9 Å². The maximum atomic E-state index is 12.3. The van der Waals surface area contributed by atoms with E-state index in [1.54, 1.807) is 24.3 Å². The monoisotopic (exact) mass is 486 g/mol. The molecule has 0 spiro atoms. The minimum Gasteiger partial charge on any atom is -0.494 e. The molecule has 8 heteroatoms. The van der Waals surface area contributed by atoms with E-state index < -0.39 is 5.91 Å². The highest BCUT2D eigenvalue weighted by Gasteiger charge is 2.11. The zero-order chi connectivity index (χ0) is 23.5.